The van der Waals surface area contributed by atoms with Gasteiger partial charge in [-0.25, -0.2) is 8.78 Å². The number of nitrogens with one attached hydrogen (secondary N) is 1. The number of nitrogens with zero attached hydrogens (tertiary/aromatic N) is 1. The first-order chi connectivity index (χ1) is 10.1. The van der Waals surface area contributed by atoms with Crippen molar-refractivity contribution in [3.8, 4) is 0 Å². The first-order valence-electron chi connectivity index (χ1n) is 7.57. The van der Waals surface area contributed by atoms with Gasteiger partial charge in [0.05, 0.1) is 6.04 Å². The lowest BCUT2D eigenvalue weighted by molar-refractivity contribution is -0.130. The molecule has 3 nitrogen and oxygen atoms in total. The van der Waals surface area contributed by atoms with Gasteiger partial charge in [0.2, 0.25) is 5.91 Å². The van der Waals surface area contributed by atoms with E-state index in [0.717, 1.165) is 18.9 Å². The summed E-state index contributed by atoms with van der Waals surface area (Å²) in [6.45, 7) is 2.50. The molecule has 1 amide bonds. The van der Waals surface area contributed by atoms with E-state index in [1.165, 1.54) is 18.9 Å². The molecule has 1 N–H and O–H groups in total. The topological polar surface area (TPSA) is 32.3 Å². The molecule has 3 rings (SSSR count). The number of hydrogen-bond donors (Lipinski definition) is 1. The molecule has 2 atom stereocenters. The Hall–Kier alpha value is -1.49. The van der Waals surface area contributed by atoms with E-state index in [1.54, 1.807) is 11.0 Å². The number of carbonyl (C=O) groups excluding carboxylic acids is 1. The summed E-state index contributed by atoms with van der Waals surface area (Å²) in [7, 11) is 0. The van der Waals surface area contributed by atoms with Gasteiger partial charge >= 0.3 is 0 Å². The van der Waals surface area contributed by atoms with Crippen molar-refractivity contribution in [2.45, 2.75) is 44.8 Å². The highest BCUT2D eigenvalue weighted by atomic mass is 19.2. The Bertz CT molecular complexity index is 543. The zero-order valence-corrected chi connectivity index (χ0v) is 12.1. The lowest BCUT2D eigenvalue weighted by Gasteiger charge is -2.27. The van der Waals surface area contributed by atoms with Crippen molar-refractivity contribution in [1.82, 2.24) is 10.2 Å². The number of halogens is 2. The van der Waals surface area contributed by atoms with Crippen LogP contribution < -0.4 is 5.32 Å². The highest BCUT2D eigenvalue weighted by Crippen LogP contribution is 2.32. The largest absolute Gasteiger partial charge is 0.321 e. The number of amides is 1. The molecule has 1 aliphatic heterocycles. The molecule has 1 aromatic carbocycles. The fourth-order valence-electron chi connectivity index (χ4n) is 3.40. The van der Waals surface area contributed by atoms with Crippen LogP contribution in [0.15, 0.2) is 18.2 Å². The molecule has 1 aliphatic carbocycles. The Labute approximate surface area is 123 Å². The molecule has 1 heterocycles. The van der Waals surface area contributed by atoms with Crippen molar-refractivity contribution in [2.75, 3.05) is 6.54 Å². The SMILES string of the molecule is CC1NC(c2ccc(F)c(F)c2)N(CC2CCCC2)C1=O. The van der Waals surface area contributed by atoms with Crippen molar-refractivity contribution in [2.24, 2.45) is 5.92 Å². The maximum Gasteiger partial charge on any atom is 0.241 e. The van der Waals surface area contributed by atoms with Crippen molar-refractivity contribution >= 4 is 5.91 Å². The molecule has 5 heteroatoms. The van der Waals surface area contributed by atoms with Gasteiger partial charge in [-0.3, -0.25) is 10.1 Å². The van der Waals surface area contributed by atoms with E-state index < -0.39 is 11.6 Å². The van der Waals surface area contributed by atoms with E-state index in [1.807, 2.05) is 6.92 Å². The molecule has 114 valence electrons. The van der Waals surface area contributed by atoms with Gasteiger partial charge < -0.3 is 4.90 Å². The summed E-state index contributed by atoms with van der Waals surface area (Å²) in [6.07, 6.45) is 4.35. The summed E-state index contributed by atoms with van der Waals surface area (Å²) in [5.74, 6) is -1.17. The second kappa shape index (κ2) is 5.72. The number of hydrogen-bond acceptors (Lipinski definition) is 2. The molecule has 2 aliphatic rings. The molecule has 1 aromatic rings. The Morgan fingerprint density at radius 1 is 1.24 bits per heavy atom. The van der Waals surface area contributed by atoms with Gasteiger partial charge in [-0.05, 0) is 43.4 Å². The Kier molecular flexibility index (Phi) is 3.93. The Balaban J connectivity index is 1.83. The lowest BCUT2D eigenvalue weighted by atomic mass is 10.1. The summed E-state index contributed by atoms with van der Waals surface area (Å²) in [4.78, 5) is 14.1. The van der Waals surface area contributed by atoms with E-state index in [-0.39, 0.29) is 18.1 Å². The van der Waals surface area contributed by atoms with Crippen LogP contribution in [0.5, 0.6) is 0 Å². The summed E-state index contributed by atoms with van der Waals surface area (Å²) in [5, 5.41) is 3.18. The molecule has 0 spiro atoms. The monoisotopic (exact) mass is 294 g/mol. The third-order valence-electron chi connectivity index (χ3n) is 4.56. The first kappa shape index (κ1) is 14.4. The fourth-order valence-corrected chi connectivity index (χ4v) is 3.40. The molecule has 1 saturated heterocycles. The smallest absolute Gasteiger partial charge is 0.241 e. The van der Waals surface area contributed by atoms with Crippen LogP contribution >= 0.6 is 0 Å². The van der Waals surface area contributed by atoms with Gasteiger partial charge in [0.25, 0.3) is 0 Å². The van der Waals surface area contributed by atoms with Crippen LogP contribution in [0.25, 0.3) is 0 Å². The fraction of sp³-hybridized carbons (Fsp3) is 0.562. The molecule has 1 saturated carbocycles. The molecular weight excluding hydrogens is 274 g/mol. The number of benzene rings is 1. The summed E-state index contributed by atoms with van der Waals surface area (Å²) in [6, 6.07) is 3.56. The molecule has 0 radical (unpaired) electrons. The van der Waals surface area contributed by atoms with Gasteiger partial charge in [-0.1, -0.05) is 18.9 Å². The van der Waals surface area contributed by atoms with Crippen LogP contribution in [0.4, 0.5) is 8.78 Å². The van der Waals surface area contributed by atoms with Crippen molar-refractivity contribution in [3.63, 3.8) is 0 Å². The van der Waals surface area contributed by atoms with Crippen LogP contribution in [0.2, 0.25) is 0 Å². The maximum absolute atomic E-state index is 13.5. The van der Waals surface area contributed by atoms with E-state index in [0.29, 0.717) is 18.0 Å². The molecule has 0 aromatic heterocycles. The van der Waals surface area contributed by atoms with Gasteiger partial charge in [-0.15, -0.1) is 0 Å². The van der Waals surface area contributed by atoms with Crippen molar-refractivity contribution in [3.05, 3.63) is 35.4 Å². The first-order valence-corrected chi connectivity index (χ1v) is 7.57. The minimum atomic E-state index is -0.873. The number of carbonyl (C=O) groups is 1. The molecule has 0 bridgehead atoms. The normalized spacial score (nSPS) is 26.8. The highest BCUT2D eigenvalue weighted by Gasteiger charge is 2.38. The predicted molar refractivity (Wildman–Crippen MR) is 75.4 cm³/mol. The molecule has 2 fully saturated rings. The highest BCUT2D eigenvalue weighted by molar-refractivity contribution is 5.84. The predicted octanol–water partition coefficient (Wildman–Crippen LogP) is 2.97. The quantitative estimate of drug-likeness (QED) is 0.929. The Morgan fingerprint density at radius 3 is 2.62 bits per heavy atom. The summed E-state index contributed by atoms with van der Waals surface area (Å²) < 4.78 is 26.5. The summed E-state index contributed by atoms with van der Waals surface area (Å²) >= 11 is 0. The van der Waals surface area contributed by atoms with Crippen LogP contribution in [-0.2, 0) is 4.79 Å². The molecule has 2 unspecified atom stereocenters. The third kappa shape index (κ3) is 2.79. The van der Waals surface area contributed by atoms with E-state index in [2.05, 4.69) is 5.32 Å². The minimum Gasteiger partial charge on any atom is -0.321 e. The maximum atomic E-state index is 13.5. The van der Waals surface area contributed by atoms with E-state index >= 15 is 0 Å². The average Bonchev–Trinajstić information content (AvgIpc) is 3.06. The van der Waals surface area contributed by atoms with E-state index in [4.69, 9.17) is 0 Å². The second-order valence-electron chi connectivity index (χ2n) is 6.11. The van der Waals surface area contributed by atoms with Gasteiger partial charge in [0, 0.05) is 6.54 Å². The third-order valence-corrected chi connectivity index (χ3v) is 4.56. The van der Waals surface area contributed by atoms with Crippen molar-refractivity contribution in [1.29, 1.82) is 0 Å². The van der Waals surface area contributed by atoms with Crippen LogP contribution in [0.3, 0.4) is 0 Å². The molecular formula is C16H20F2N2O. The van der Waals surface area contributed by atoms with Gasteiger partial charge in [0.1, 0.15) is 6.17 Å². The number of rotatable bonds is 3. The molecule has 21 heavy (non-hydrogen) atoms. The summed E-state index contributed by atoms with van der Waals surface area (Å²) in [5.41, 5.74) is 0.601. The average molecular weight is 294 g/mol. The van der Waals surface area contributed by atoms with Gasteiger partial charge in [0.15, 0.2) is 11.6 Å². The second-order valence-corrected chi connectivity index (χ2v) is 6.11. The lowest BCUT2D eigenvalue weighted by Crippen LogP contribution is -2.34. The Morgan fingerprint density at radius 2 is 1.95 bits per heavy atom. The zero-order valence-electron chi connectivity index (χ0n) is 12.1. The van der Waals surface area contributed by atoms with Gasteiger partial charge in [-0.2, -0.15) is 0 Å². The minimum absolute atomic E-state index is 0.0385. The zero-order chi connectivity index (χ0) is 15.0. The standard InChI is InChI=1S/C16H20F2N2O/c1-10-16(21)20(9-11-4-2-3-5-11)15(19-10)12-6-7-13(17)14(18)8-12/h6-8,10-11,15,19H,2-5,9H2,1H3. The van der Waals surface area contributed by atoms with Crippen molar-refractivity contribution < 1.29 is 13.6 Å². The van der Waals surface area contributed by atoms with E-state index in [9.17, 15) is 13.6 Å². The van der Waals surface area contributed by atoms with Crippen LogP contribution in [0.1, 0.15) is 44.3 Å². The van der Waals surface area contributed by atoms with Crippen LogP contribution in [0, 0.1) is 17.6 Å². The van der Waals surface area contributed by atoms with Crippen LogP contribution in [-0.4, -0.2) is 23.4 Å².